The summed E-state index contributed by atoms with van der Waals surface area (Å²) >= 11 is 0. The van der Waals surface area contributed by atoms with Crippen LogP contribution in [0.1, 0.15) is 13.8 Å². The van der Waals surface area contributed by atoms with Crippen LogP contribution in [0.4, 0.5) is 4.79 Å². The Hall–Kier alpha value is -1.91. The van der Waals surface area contributed by atoms with Crippen molar-refractivity contribution in [3.63, 3.8) is 0 Å². The molecule has 5 heteroatoms. The lowest BCUT2D eigenvalue weighted by Gasteiger charge is -2.24. The number of carbonyl (C=O) groups is 1. The summed E-state index contributed by atoms with van der Waals surface area (Å²) in [5, 5.41) is 0. The maximum Gasteiger partial charge on any atom is 0.411 e. The standard InChI is InChI=1S/C14H17NO4/c1-10(2)15-7-14(19-13(15)16)8-17-11-5-3-4-6-12(11)18-9-14/h3-6,10H,7-9H2,1-2H3. The van der Waals surface area contributed by atoms with Gasteiger partial charge in [0.2, 0.25) is 0 Å². The lowest BCUT2D eigenvalue weighted by molar-refractivity contribution is -0.00558. The van der Waals surface area contributed by atoms with Crippen LogP contribution in [0.15, 0.2) is 24.3 Å². The number of amides is 1. The van der Waals surface area contributed by atoms with Crippen LogP contribution >= 0.6 is 0 Å². The van der Waals surface area contributed by atoms with Crippen LogP contribution in [0.5, 0.6) is 11.5 Å². The molecule has 0 unspecified atom stereocenters. The molecule has 3 rings (SSSR count). The van der Waals surface area contributed by atoms with Gasteiger partial charge in [0.25, 0.3) is 0 Å². The third-order valence-electron chi connectivity index (χ3n) is 3.45. The van der Waals surface area contributed by atoms with Crippen LogP contribution in [0.2, 0.25) is 0 Å². The molecule has 1 fully saturated rings. The molecule has 0 aliphatic carbocycles. The first-order valence-corrected chi connectivity index (χ1v) is 6.44. The number of para-hydroxylation sites is 2. The summed E-state index contributed by atoms with van der Waals surface area (Å²) in [5.74, 6) is 1.39. The van der Waals surface area contributed by atoms with E-state index in [2.05, 4.69) is 0 Å². The smallest absolute Gasteiger partial charge is 0.411 e. The summed E-state index contributed by atoms with van der Waals surface area (Å²) in [6, 6.07) is 7.59. The van der Waals surface area contributed by atoms with Crippen LogP contribution in [-0.4, -0.2) is 42.4 Å². The molecule has 0 saturated carbocycles. The highest BCUT2D eigenvalue weighted by Crippen LogP contribution is 2.34. The first-order chi connectivity index (χ1) is 9.10. The van der Waals surface area contributed by atoms with Crippen molar-refractivity contribution in [3.8, 4) is 11.5 Å². The summed E-state index contributed by atoms with van der Waals surface area (Å²) < 4.78 is 17.0. The topological polar surface area (TPSA) is 48.0 Å². The number of carbonyl (C=O) groups excluding carboxylic acids is 1. The van der Waals surface area contributed by atoms with Gasteiger partial charge in [-0.05, 0) is 26.0 Å². The van der Waals surface area contributed by atoms with Crippen LogP contribution < -0.4 is 9.47 Å². The van der Waals surface area contributed by atoms with Gasteiger partial charge in [-0.3, -0.25) is 0 Å². The Morgan fingerprint density at radius 2 is 1.74 bits per heavy atom. The fourth-order valence-corrected chi connectivity index (χ4v) is 2.34. The molecule has 0 radical (unpaired) electrons. The molecule has 0 aromatic heterocycles. The second-order valence-corrected chi connectivity index (χ2v) is 5.30. The van der Waals surface area contributed by atoms with Gasteiger partial charge < -0.3 is 19.1 Å². The van der Waals surface area contributed by atoms with Gasteiger partial charge in [0, 0.05) is 6.04 Å². The molecule has 5 nitrogen and oxygen atoms in total. The molecule has 2 aliphatic rings. The van der Waals surface area contributed by atoms with E-state index < -0.39 is 5.60 Å². The van der Waals surface area contributed by atoms with E-state index in [0.29, 0.717) is 31.3 Å². The molecule has 1 spiro atoms. The highest BCUT2D eigenvalue weighted by molar-refractivity contribution is 5.71. The summed E-state index contributed by atoms with van der Waals surface area (Å²) in [7, 11) is 0. The number of benzene rings is 1. The lowest BCUT2D eigenvalue weighted by Crippen LogP contribution is -2.45. The largest absolute Gasteiger partial charge is 0.485 e. The molecule has 102 valence electrons. The predicted molar refractivity (Wildman–Crippen MR) is 68.5 cm³/mol. The molecular formula is C14H17NO4. The van der Waals surface area contributed by atoms with Crippen LogP contribution in [0.25, 0.3) is 0 Å². The molecule has 1 amide bonds. The molecule has 2 aliphatic heterocycles. The number of rotatable bonds is 1. The summed E-state index contributed by atoms with van der Waals surface area (Å²) in [6.07, 6.45) is -0.298. The maximum atomic E-state index is 11.9. The van der Waals surface area contributed by atoms with E-state index in [9.17, 15) is 4.79 Å². The number of ether oxygens (including phenoxy) is 3. The lowest BCUT2D eigenvalue weighted by atomic mass is 10.1. The Balaban J connectivity index is 1.80. The monoisotopic (exact) mass is 263 g/mol. The normalized spacial score (nSPS) is 20.6. The van der Waals surface area contributed by atoms with Gasteiger partial charge >= 0.3 is 6.09 Å². The number of hydrogen-bond acceptors (Lipinski definition) is 4. The fourth-order valence-electron chi connectivity index (χ4n) is 2.34. The first-order valence-electron chi connectivity index (χ1n) is 6.44. The minimum Gasteiger partial charge on any atom is -0.485 e. The van der Waals surface area contributed by atoms with Crippen LogP contribution in [0, 0.1) is 0 Å². The van der Waals surface area contributed by atoms with Crippen molar-refractivity contribution < 1.29 is 19.0 Å². The number of fused-ring (bicyclic) bond motifs is 1. The van der Waals surface area contributed by atoms with E-state index in [0.717, 1.165) is 0 Å². The zero-order valence-corrected chi connectivity index (χ0v) is 11.1. The van der Waals surface area contributed by atoms with Crippen molar-refractivity contribution in [2.45, 2.75) is 25.5 Å². The van der Waals surface area contributed by atoms with Gasteiger partial charge in [0.1, 0.15) is 13.2 Å². The molecule has 0 N–H and O–H groups in total. The maximum absolute atomic E-state index is 11.9. The van der Waals surface area contributed by atoms with Crippen molar-refractivity contribution in [2.75, 3.05) is 19.8 Å². The predicted octanol–water partition coefficient (Wildman–Crippen LogP) is 2.06. The zero-order valence-electron chi connectivity index (χ0n) is 11.1. The van der Waals surface area contributed by atoms with Gasteiger partial charge in [0.05, 0.1) is 6.54 Å². The second-order valence-electron chi connectivity index (χ2n) is 5.30. The van der Waals surface area contributed by atoms with Gasteiger partial charge in [0.15, 0.2) is 17.1 Å². The molecule has 1 aromatic rings. The highest BCUT2D eigenvalue weighted by atomic mass is 16.6. The molecule has 1 aromatic carbocycles. The molecule has 19 heavy (non-hydrogen) atoms. The average Bonchev–Trinajstić information content (AvgIpc) is 2.61. The average molecular weight is 263 g/mol. The SMILES string of the molecule is CC(C)N1CC2(COc3ccccc3OC2)OC1=O. The van der Waals surface area contributed by atoms with E-state index in [-0.39, 0.29) is 12.1 Å². The van der Waals surface area contributed by atoms with Crippen molar-refractivity contribution in [1.29, 1.82) is 0 Å². The minimum absolute atomic E-state index is 0.109. The van der Waals surface area contributed by atoms with E-state index in [1.807, 2.05) is 38.1 Å². The number of hydrogen-bond donors (Lipinski definition) is 0. The Labute approximate surface area is 112 Å². The Kier molecular flexibility index (Phi) is 2.77. The second kappa shape index (κ2) is 4.33. The van der Waals surface area contributed by atoms with Gasteiger partial charge in [-0.25, -0.2) is 4.79 Å². The molecule has 2 heterocycles. The van der Waals surface area contributed by atoms with Gasteiger partial charge in [-0.2, -0.15) is 0 Å². The first kappa shape index (κ1) is 12.1. The quantitative estimate of drug-likeness (QED) is 0.778. The Morgan fingerprint density at radius 1 is 1.16 bits per heavy atom. The van der Waals surface area contributed by atoms with Crippen LogP contribution in [0.3, 0.4) is 0 Å². The summed E-state index contributed by atoms with van der Waals surface area (Å²) in [6.45, 7) is 5.07. The molecule has 0 atom stereocenters. The zero-order chi connectivity index (χ0) is 13.5. The third-order valence-corrected chi connectivity index (χ3v) is 3.45. The molecule has 1 saturated heterocycles. The minimum atomic E-state index is -0.708. The highest BCUT2D eigenvalue weighted by Gasteiger charge is 2.48. The van der Waals surface area contributed by atoms with E-state index in [4.69, 9.17) is 14.2 Å². The Bertz CT molecular complexity index is 473. The van der Waals surface area contributed by atoms with Crippen LogP contribution in [-0.2, 0) is 4.74 Å². The Morgan fingerprint density at radius 3 is 2.21 bits per heavy atom. The van der Waals surface area contributed by atoms with E-state index in [1.54, 1.807) is 4.90 Å². The van der Waals surface area contributed by atoms with Crippen molar-refractivity contribution in [1.82, 2.24) is 4.90 Å². The third kappa shape index (κ3) is 2.09. The van der Waals surface area contributed by atoms with Gasteiger partial charge in [-0.1, -0.05) is 12.1 Å². The number of nitrogens with zero attached hydrogens (tertiary/aromatic N) is 1. The van der Waals surface area contributed by atoms with E-state index in [1.165, 1.54) is 0 Å². The fraction of sp³-hybridized carbons (Fsp3) is 0.500. The van der Waals surface area contributed by atoms with Crippen molar-refractivity contribution >= 4 is 6.09 Å². The van der Waals surface area contributed by atoms with Crippen molar-refractivity contribution in [2.24, 2.45) is 0 Å². The van der Waals surface area contributed by atoms with Gasteiger partial charge in [-0.15, -0.1) is 0 Å². The van der Waals surface area contributed by atoms with E-state index >= 15 is 0 Å². The van der Waals surface area contributed by atoms with Crippen molar-refractivity contribution in [3.05, 3.63) is 24.3 Å². The molecular weight excluding hydrogens is 246 g/mol. The summed E-state index contributed by atoms with van der Waals surface area (Å²) in [5.41, 5.74) is -0.708. The summed E-state index contributed by atoms with van der Waals surface area (Å²) in [4.78, 5) is 13.6. The molecule has 0 bridgehead atoms.